The number of nitrogens with zero attached hydrogens (tertiary/aromatic N) is 1. The van der Waals surface area contributed by atoms with Crippen LogP contribution in [0.4, 0.5) is 5.69 Å². The first-order valence-corrected chi connectivity index (χ1v) is 8.31. The number of non-ortho nitro benzene ring substituents is 1. The molecule has 0 aliphatic carbocycles. The van der Waals surface area contributed by atoms with E-state index >= 15 is 0 Å². The molecule has 0 radical (unpaired) electrons. The number of benzene rings is 1. The van der Waals surface area contributed by atoms with Crippen LogP contribution in [0.3, 0.4) is 0 Å². The second-order valence-electron chi connectivity index (χ2n) is 5.08. The predicted molar refractivity (Wildman–Crippen MR) is 92.0 cm³/mol. The Hall–Kier alpha value is -2.81. The monoisotopic (exact) mass is 363 g/mol. The van der Waals surface area contributed by atoms with Crippen molar-refractivity contribution in [3.8, 4) is 0 Å². The summed E-state index contributed by atoms with van der Waals surface area (Å²) in [7, 11) is 0. The van der Waals surface area contributed by atoms with E-state index in [0.717, 1.165) is 4.90 Å². The number of nitro groups is 1. The SMILES string of the molecule is C[C@H](Sc1ccc([N+](=O)[O-])cc1)C(=O)NCC(=O)NCc1ccco1. The smallest absolute Gasteiger partial charge is 0.269 e. The topological polar surface area (TPSA) is 114 Å². The van der Waals surface area contributed by atoms with Gasteiger partial charge < -0.3 is 15.1 Å². The highest BCUT2D eigenvalue weighted by molar-refractivity contribution is 8.00. The molecule has 0 fully saturated rings. The van der Waals surface area contributed by atoms with Gasteiger partial charge in [-0.1, -0.05) is 0 Å². The van der Waals surface area contributed by atoms with E-state index in [2.05, 4.69) is 10.6 Å². The lowest BCUT2D eigenvalue weighted by Gasteiger charge is -2.12. The van der Waals surface area contributed by atoms with Crippen molar-refractivity contribution in [2.24, 2.45) is 0 Å². The van der Waals surface area contributed by atoms with Crippen LogP contribution in [0.5, 0.6) is 0 Å². The number of hydrogen-bond donors (Lipinski definition) is 2. The predicted octanol–water partition coefficient (Wildman–Crippen LogP) is 2.10. The van der Waals surface area contributed by atoms with Crippen LogP contribution in [-0.4, -0.2) is 28.5 Å². The fourth-order valence-electron chi connectivity index (χ4n) is 1.88. The first-order valence-electron chi connectivity index (χ1n) is 7.43. The molecule has 2 amide bonds. The average Bonchev–Trinajstić information content (AvgIpc) is 3.11. The highest BCUT2D eigenvalue weighted by atomic mass is 32.2. The van der Waals surface area contributed by atoms with Gasteiger partial charge in [0.25, 0.3) is 5.69 Å². The molecule has 0 saturated heterocycles. The van der Waals surface area contributed by atoms with Crippen LogP contribution in [0.1, 0.15) is 12.7 Å². The van der Waals surface area contributed by atoms with Crippen LogP contribution in [-0.2, 0) is 16.1 Å². The minimum absolute atomic E-state index is 0.00492. The zero-order chi connectivity index (χ0) is 18.2. The normalized spacial score (nSPS) is 11.6. The van der Waals surface area contributed by atoms with E-state index in [4.69, 9.17) is 4.42 Å². The summed E-state index contributed by atoms with van der Waals surface area (Å²) >= 11 is 1.25. The summed E-state index contributed by atoms with van der Waals surface area (Å²) in [6.45, 7) is 1.82. The molecule has 0 unspecified atom stereocenters. The summed E-state index contributed by atoms with van der Waals surface area (Å²) in [5.74, 6) is 0.00978. The molecule has 9 heteroatoms. The Balaban J connectivity index is 1.73. The van der Waals surface area contributed by atoms with Crippen molar-refractivity contribution in [3.05, 3.63) is 58.5 Å². The molecule has 2 N–H and O–H groups in total. The number of thioether (sulfide) groups is 1. The number of furan rings is 1. The molecule has 0 aliphatic heterocycles. The van der Waals surface area contributed by atoms with Crippen molar-refractivity contribution < 1.29 is 18.9 Å². The number of carbonyl (C=O) groups is 2. The van der Waals surface area contributed by atoms with Crippen LogP contribution in [0.25, 0.3) is 0 Å². The summed E-state index contributed by atoms with van der Waals surface area (Å²) in [5.41, 5.74) is -0.00492. The molecule has 25 heavy (non-hydrogen) atoms. The number of nitro benzene ring substituents is 1. The molecule has 2 aromatic rings. The molecule has 1 atom stereocenters. The Morgan fingerprint density at radius 3 is 2.56 bits per heavy atom. The minimum Gasteiger partial charge on any atom is -0.467 e. The van der Waals surface area contributed by atoms with Crippen LogP contribution < -0.4 is 10.6 Å². The Bertz CT molecular complexity index is 731. The van der Waals surface area contributed by atoms with Gasteiger partial charge in [-0.15, -0.1) is 11.8 Å². The number of rotatable bonds is 8. The van der Waals surface area contributed by atoms with Crippen molar-refractivity contribution in [2.75, 3.05) is 6.54 Å². The van der Waals surface area contributed by atoms with Gasteiger partial charge >= 0.3 is 0 Å². The number of nitrogens with one attached hydrogen (secondary N) is 2. The molecule has 0 spiro atoms. The summed E-state index contributed by atoms with van der Waals surface area (Å²) in [4.78, 5) is 34.6. The largest absolute Gasteiger partial charge is 0.467 e. The van der Waals surface area contributed by atoms with Gasteiger partial charge in [0, 0.05) is 17.0 Å². The fourth-order valence-corrected chi connectivity index (χ4v) is 2.77. The van der Waals surface area contributed by atoms with E-state index < -0.39 is 10.2 Å². The maximum absolute atomic E-state index is 12.0. The lowest BCUT2D eigenvalue weighted by molar-refractivity contribution is -0.384. The Labute approximate surface area is 148 Å². The van der Waals surface area contributed by atoms with E-state index in [9.17, 15) is 19.7 Å². The van der Waals surface area contributed by atoms with Crippen molar-refractivity contribution in [1.82, 2.24) is 10.6 Å². The molecule has 1 aromatic heterocycles. The lowest BCUT2D eigenvalue weighted by Crippen LogP contribution is -2.39. The Morgan fingerprint density at radius 1 is 1.24 bits per heavy atom. The standard InChI is InChI=1S/C16H17N3O5S/c1-11(25-14-6-4-12(5-7-14)19(22)23)16(21)18-10-15(20)17-9-13-3-2-8-24-13/h2-8,11H,9-10H2,1H3,(H,17,20)(H,18,21)/t11-/m0/s1. The zero-order valence-electron chi connectivity index (χ0n) is 13.4. The number of carbonyl (C=O) groups excluding carboxylic acids is 2. The van der Waals surface area contributed by atoms with E-state index in [1.165, 1.54) is 30.2 Å². The maximum atomic E-state index is 12.0. The molecule has 132 valence electrons. The van der Waals surface area contributed by atoms with Gasteiger partial charge in [0.05, 0.1) is 29.5 Å². The molecule has 1 aromatic carbocycles. The first-order chi connectivity index (χ1) is 12.0. The van der Waals surface area contributed by atoms with Gasteiger partial charge in [-0.3, -0.25) is 19.7 Å². The highest BCUT2D eigenvalue weighted by Gasteiger charge is 2.16. The fraction of sp³-hybridized carbons (Fsp3) is 0.250. The van der Waals surface area contributed by atoms with E-state index in [1.807, 2.05) is 0 Å². The van der Waals surface area contributed by atoms with E-state index in [-0.39, 0.29) is 30.6 Å². The molecular weight excluding hydrogens is 346 g/mol. The molecular formula is C16H17N3O5S. The lowest BCUT2D eigenvalue weighted by atomic mass is 10.3. The highest BCUT2D eigenvalue weighted by Crippen LogP contribution is 2.25. The quantitative estimate of drug-likeness (QED) is 0.422. The van der Waals surface area contributed by atoms with Crippen molar-refractivity contribution >= 4 is 29.3 Å². The summed E-state index contributed by atoms with van der Waals surface area (Å²) in [6.07, 6.45) is 1.51. The van der Waals surface area contributed by atoms with Gasteiger partial charge in [0.15, 0.2) is 0 Å². The number of hydrogen-bond acceptors (Lipinski definition) is 6. The summed E-state index contributed by atoms with van der Waals surface area (Å²) < 4.78 is 5.09. The third kappa shape index (κ3) is 5.96. The maximum Gasteiger partial charge on any atom is 0.269 e. The van der Waals surface area contributed by atoms with Gasteiger partial charge in [-0.25, -0.2) is 0 Å². The second kappa shape index (κ2) is 8.88. The Morgan fingerprint density at radius 2 is 1.96 bits per heavy atom. The van der Waals surface area contributed by atoms with Gasteiger partial charge in [-0.05, 0) is 31.2 Å². The van der Waals surface area contributed by atoms with E-state index in [1.54, 1.807) is 31.2 Å². The molecule has 0 saturated carbocycles. The molecule has 0 bridgehead atoms. The first kappa shape index (κ1) is 18.5. The molecule has 0 aliphatic rings. The Kier molecular flexibility index (Phi) is 6.58. The minimum atomic E-state index is -0.480. The molecule has 1 heterocycles. The van der Waals surface area contributed by atoms with Crippen LogP contribution in [0.15, 0.2) is 52.0 Å². The van der Waals surface area contributed by atoms with Crippen LogP contribution in [0.2, 0.25) is 0 Å². The number of amides is 2. The van der Waals surface area contributed by atoms with Crippen molar-refractivity contribution in [2.45, 2.75) is 23.6 Å². The summed E-state index contributed by atoms with van der Waals surface area (Å²) in [5, 5.41) is 15.3. The van der Waals surface area contributed by atoms with Crippen molar-refractivity contribution in [3.63, 3.8) is 0 Å². The molecule has 2 rings (SSSR count). The van der Waals surface area contributed by atoms with E-state index in [0.29, 0.717) is 5.76 Å². The van der Waals surface area contributed by atoms with Gasteiger partial charge in [0.2, 0.25) is 11.8 Å². The third-order valence-electron chi connectivity index (χ3n) is 3.19. The average molecular weight is 363 g/mol. The molecule has 8 nitrogen and oxygen atoms in total. The van der Waals surface area contributed by atoms with Crippen molar-refractivity contribution in [1.29, 1.82) is 0 Å². The summed E-state index contributed by atoms with van der Waals surface area (Å²) in [6, 6.07) is 9.40. The van der Waals surface area contributed by atoms with Gasteiger partial charge in [-0.2, -0.15) is 0 Å². The van der Waals surface area contributed by atoms with Crippen LogP contribution in [0, 0.1) is 10.1 Å². The second-order valence-corrected chi connectivity index (χ2v) is 6.50. The zero-order valence-corrected chi connectivity index (χ0v) is 14.2. The third-order valence-corrected chi connectivity index (χ3v) is 4.30. The van der Waals surface area contributed by atoms with Crippen LogP contribution >= 0.6 is 11.8 Å². The van der Waals surface area contributed by atoms with Gasteiger partial charge in [0.1, 0.15) is 5.76 Å².